The number of likely N-dealkylation sites (tertiary alicyclic amines) is 1. The van der Waals surface area contributed by atoms with E-state index in [1.165, 1.54) is 44.2 Å². The summed E-state index contributed by atoms with van der Waals surface area (Å²) in [6.07, 6.45) is -0.272. The van der Waals surface area contributed by atoms with Gasteiger partial charge in [-0.3, -0.25) is 24.1 Å². The Morgan fingerprint density at radius 3 is 2.56 bits per heavy atom. The molecule has 0 radical (unpaired) electrons. The summed E-state index contributed by atoms with van der Waals surface area (Å²) in [5, 5.41) is 59.4. The molecule has 4 heterocycles. The maximum atomic E-state index is 13.5. The predicted molar refractivity (Wildman–Crippen MR) is 185 cm³/mol. The Morgan fingerprint density at radius 2 is 1.96 bits per heavy atom. The van der Waals surface area contributed by atoms with Crippen LogP contribution < -0.4 is 16.2 Å². The number of hydrogen-bond donors (Lipinski definition) is 6. The molecule has 282 valence electrons. The molecule has 52 heavy (non-hydrogen) atoms. The van der Waals surface area contributed by atoms with Crippen molar-refractivity contribution in [2.24, 2.45) is 5.16 Å². The van der Waals surface area contributed by atoms with Crippen LogP contribution in [0.3, 0.4) is 0 Å². The number of carbonyl (C=O) groups is 4. The molecule has 0 aliphatic carbocycles. The fourth-order valence-electron chi connectivity index (χ4n) is 6.12. The Morgan fingerprint density at radius 1 is 1.27 bits per heavy atom. The van der Waals surface area contributed by atoms with Gasteiger partial charge in [-0.1, -0.05) is 16.8 Å². The summed E-state index contributed by atoms with van der Waals surface area (Å²) in [6, 6.07) is 1.25. The number of rotatable bonds is 14. The van der Waals surface area contributed by atoms with E-state index in [0.29, 0.717) is 29.7 Å². The van der Waals surface area contributed by atoms with E-state index in [2.05, 4.69) is 15.5 Å². The van der Waals surface area contributed by atoms with E-state index in [4.69, 9.17) is 27.0 Å². The van der Waals surface area contributed by atoms with Gasteiger partial charge in [-0.05, 0) is 26.0 Å². The monoisotopic (exact) mass is 783 g/mol. The molecule has 1 aromatic carbocycles. The number of phenols is 2. The zero-order chi connectivity index (χ0) is 38.1. The van der Waals surface area contributed by atoms with E-state index in [-0.39, 0.29) is 46.0 Å². The average Bonchev–Trinajstić information content (AvgIpc) is 3.75. The summed E-state index contributed by atoms with van der Waals surface area (Å²) in [5.41, 5.74) is 3.84. The number of amides is 3. The van der Waals surface area contributed by atoms with E-state index < -0.39 is 64.2 Å². The number of carboxylic acids is 1. The van der Waals surface area contributed by atoms with Crippen molar-refractivity contribution >= 4 is 69.2 Å². The number of aliphatic hydroxyl groups is 2. The minimum Gasteiger partial charge on any atom is -0.543 e. The number of carboxylic acid groups (broad SMARTS) is 1. The number of thiazole rings is 1. The number of hydroxylamine groups is 2. The van der Waals surface area contributed by atoms with Crippen LogP contribution >= 0.6 is 34.7 Å². The molecule has 0 spiro atoms. The van der Waals surface area contributed by atoms with Gasteiger partial charge >= 0.3 is 0 Å². The number of aromatic nitrogens is 1. The summed E-state index contributed by atoms with van der Waals surface area (Å²) in [5.74, 6) is -4.71. The van der Waals surface area contributed by atoms with Crippen LogP contribution in [0.25, 0.3) is 0 Å². The van der Waals surface area contributed by atoms with Gasteiger partial charge in [0.25, 0.3) is 17.7 Å². The Hall–Kier alpha value is -4.18. The van der Waals surface area contributed by atoms with E-state index >= 15 is 0 Å². The molecule has 0 saturated carbocycles. The fraction of sp³-hybridized carbons (Fsp3) is 0.484. The number of β-lactam (4-membered cyclic amide) rings is 1. The quantitative estimate of drug-likeness (QED) is 0.0347. The normalized spacial score (nSPS) is 20.1. The Labute approximate surface area is 310 Å². The minimum atomic E-state index is -1.95. The summed E-state index contributed by atoms with van der Waals surface area (Å²) in [7, 11) is 1.30. The lowest BCUT2D eigenvalue weighted by Gasteiger charge is -2.51. The molecule has 0 bridgehead atoms. The molecule has 2 fully saturated rings. The third kappa shape index (κ3) is 7.77. The van der Waals surface area contributed by atoms with Crippen LogP contribution in [0.4, 0.5) is 5.13 Å². The summed E-state index contributed by atoms with van der Waals surface area (Å²) >= 11 is 8.39. The second kappa shape index (κ2) is 15.4. The van der Waals surface area contributed by atoms with Gasteiger partial charge in [-0.15, -0.1) is 23.1 Å². The van der Waals surface area contributed by atoms with Gasteiger partial charge in [0.1, 0.15) is 23.7 Å². The molecule has 7 N–H and O–H groups in total. The van der Waals surface area contributed by atoms with Crippen molar-refractivity contribution in [1.82, 2.24) is 20.3 Å². The number of oxime groups is 1. The summed E-state index contributed by atoms with van der Waals surface area (Å²) in [6.45, 7) is 4.62. The van der Waals surface area contributed by atoms with Crippen LogP contribution in [0.2, 0.25) is 5.02 Å². The maximum absolute atomic E-state index is 13.5. The standard InChI is InChI=1S/C31H38ClN7O11S2/c1-31(2,29(47)48)50-36-20(17-14-52-30(33)34-17)24(42)35-21-26(44)38-22(28(45)46)15(13-51-27(21)38)12-39(9-4-5-10-39)11-8-37(49-3)25(43)16-6-7-18(40)23(41)19(16)32/h6-7,14,21,27,29,47-48H,4-5,8-13H2,1-3H3,(H5-,33,34,35,36,40,41,42,43,45,46)/t21-,27-/m1/s1. The first-order valence-corrected chi connectivity index (χ1v) is 18.2. The van der Waals surface area contributed by atoms with E-state index in [9.17, 15) is 44.7 Å². The lowest BCUT2D eigenvalue weighted by Crippen LogP contribution is -2.72. The molecule has 21 heteroatoms. The number of hydrogen-bond acceptors (Lipinski definition) is 16. The number of anilines is 1. The van der Waals surface area contributed by atoms with E-state index in [1.54, 1.807) is 0 Å². The number of nitrogens with two attached hydrogens (primary N) is 1. The van der Waals surface area contributed by atoms with E-state index in [0.717, 1.165) is 40.2 Å². The van der Waals surface area contributed by atoms with Gasteiger partial charge < -0.3 is 50.7 Å². The average molecular weight is 784 g/mol. The largest absolute Gasteiger partial charge is 0.543 e. The van der Waals surface area contributed by atoms with Crippen molar-refractivity contribution < 1.29 is 58.9 Å². The highest BCUT2D eigenvalue weighted by atomic mass is 35.5. The van der Waals surface area contributed by atoms with Crippen molar-refractivity contribution in [3.8, 4) is 11.5 Å². The molecule has 3 aliphatic rings. The van der Waals surface area contributed by atoms with Crippen LogP contribution in [0.15, 0.2) is 33.9 Å². The second-order valence-corrected chi connectivity index (χ2v) is 15.3. The molecular weight excluding hydrogens is 746 g/mol. The summed E-state index contributed by atoms with van der Waals surface area (Å²) < 4.78 is 0.386. The van der Waals surface area contributed by atoms with Crippen LogP contribution in [0.5, 0.6) is 11.5 Å². The van der Waals surface area contributed by atoms with Gasteiger partial charge in [-0.2, -0.15) is 0 Å². The SMILES string of the molecule is CON(CC[N+]1(CC2=C(C(=O)[O-])N3C(=O)[C@@H](NC(=O)/C(=N\OC(C)(C)C(O)O)c4csc(N)n4)[C@H]3SC2)CCCC1)C(=O)c1ccc(O)c(O)c1Cl. The first kappa shape index (κ1) is 39.0. The van der Waals surface area contributed by atoms with Crippen molar-refractivity contribution in [3.63, 3.8) is 0 Å². The number of quaternary nitrogens is 1. The molecule has 2 saturated heterocycles. The van der Waals surface area contributed by atoms with Crippen molar-refractivity contribution in [2.75, 3.05) is 51.3 Å². The smallest absolute Gasteiger partial charge is 0.279 e. The Bertz CT molecular complexity index is 1810. The number of carbonyl (C=O) groups excluding carboxylic acids is 4. The first-order chi connectivity index (χ1) is 24.5. The molecule has 2 atom stereocenters. The van der Waals surface area contributed by atoms with Gasteiger partial charge in [0.2, 0.25) is 0 Å². The molecule has 3 aliphatic heterocycles. The van der Waals surface area contributed by atoms with Crippen LogP contribution in [0, 0.1) is 0 Å². The fourth-order valence-corrected chi connectivity index (χ4v) is 8.24. The van der Waals surface area contributed by atoms with Crippen LogP contribution in [-0.4, -0.2) is 138 Å². The minimum absolute atomic E-state index is 0.0124. The van der Waals surface area contributed by atoms with Crippen LogP contribution in [-0.2, 0) is 24.1 Å². The molecule has 5 rings (SSSR count). The topological polar surface area (TPSA) is 260 Å². The first-order valence-electron chi connectivity index (χ1n) is 15.9. The highest BCUT2D eigenvalue weighted by Crippen LogP contribution is 2.41. The van der Waals surface area contributed by atoms with Gasteiger partial charge in [0.15, 0.2) is 34.2 Å². The summed E-state index contributed by atoms with van der Waals surface area (Å²) in [4.78, 5) is 68.5. The maximum Gasteiger partial charge on any atom is 0.279 e. The van der Waals surface area contributed by atoms with Crippen molar-refractivity contribution in [1.29, 1.82) is 0 Å². The zero-order valence-electron chi connectivity index (χ0n) is 28.3. The molecule has 18 nitrogen and oxygen atoms in total. The highest BCUT2D eigenvalue weighted by Gasteiger charge is 2.54. The molecule has 0 unspecified atom stereocenters. The molecule has 2 aromatic rings. The van der Waals surface area contributed by atoms with Crippen LogP contribution in [0.1, 0.15) is 42.7 Å². The number of aliphatic carboxylic acids is 1. The number of nitrogens with one attached hydrogen (secondary N) is 1. The number of halogens is 1. The third-order valence-electron chi connectivity index (χ3n) is 9.09. The highest BCUT2D eigenvalue weighted by molar-refractivity contribution is 8.00. The number of nitrogen functional groups attached to an aromatic ring is 1. The number of nitrogens with zero attached hydrogens (tertiary/aromatic N) is 5. The van der Waals surface area contributed by atoms with Gasteiger partial charge in [0.05, 0.1) is 55.5 Å². The van der Waals surface area contributed by atoms with Gasteiger partial charge in [0, 0.05) is 29.5 Å². The number of fused-ring (bicyclic) bond motifs is 1. The number of aliphatic hydroxyl groups excluding tert-OH is 1. The second-order valence-electron chi connectivity index (χ2n) is 12.9. The van der Waals surface area contributed by atoms with E-state index in [1.807, 2.05) is 0 Å². The number of aromatic hydroxyl groups is 2. The molecule has 3 amide bonds. The number of phenolic OH excluding ortho intramolecular Hbond substituents is 2. The van der Waals surface area contributed by atoms with Crippen molar-refractivity contribution in [3.05, 3.63) is 45.1 Å². The molecule has 1 aromatic heterocycles. The molecular formula is C31H38ClN7O11S2. The predicted octanol–water partition coefficient (Wildman–Crippen LogP) is -0.682. The Kier molecular flexibility index (Phi) is 11.6. The number of benzene rings is 1. The lowest BCUT2D eigenvalue weighted by molar-refractivity contribution is -0.912. The number of thioether (sulfide) groups is 1. The third-order valence-corrected chi connectivity index (χ3v) is 11.5. The lowest BCUT2D eigenvalue weighted by atomic mass is 10.0. The van der Waals surface area contributed by atoms with Crippen molar-refractivity contribution in [2.45, 2.75) is 50.0 Å². The Balaban J connectivity index is 1.32. The zero-order valence-corrected chi connectivity index (χ0v) is 30.7. The van der Waals surface area contributed by atoms with Gasteiger partial charge in [-0.25, -0.2) is 10.0 Å².